The Morgan fingerprint density at radius 3 is 2.58 bits per heavy atom. The molecule has 1 aromatic carbocycles. The summed E-state index contributed by atoms with van der Waals surface area (Å²) in [5.41, 5.74) is 1.49. The predicted octanol–water partition coefficient (Wildman–Crippen LogP) is 1.27. The van der Waals surface area contributed by atoms with Crippen LogP contribution in [-0.4, -0.2) is 26.7 Å². The van der Waals surface area contributed by atoms with Crippen molar-refractivity contribution >= 4 is 10.0 Å². The highest BCUT2D eigenvalue weighted by molar-refractivity contribution is 7.89. The molecule has 2 N–H and O–H groups in total. The van der Waals surface area contributed by atoms with Crippen molar-refractivity contribution in [2.45, 2.75) is 25.7 Å². The standard InChI is InChI=1S/C14H19NO3S/c1-11(2)10-15-19(17,18)14-7-6-13(5-4-8-16)12(3)9-14/h6-7,9,11,15-16H,8,10H2,1-3H3. The number of nitrogens with one attached hydrogen (secondary N) is 1. The van der Waals surface area contributed by atoms with Gasteiger partial charge in [-0.1, -0.05) is 25.7 Å². The number of sulfonamides is 1. The number of aliphatic hydroxyl groups excluding tert-OH is 1. The summed E-state index contributed by atoms with van der Waals surface area (Å²) in [6.45, 7) is 5.88. The van der Waals surface area contributed by atoms with Gasteiger partial charge >= 0.3 is 0 Å². The van der Waals surface area contributed by atoms with Crippen molar-refractivity contribution in [3.8, 4) is 11.8 Å². The zero-order valence-corrected chi connectivity index (χ0v) is 12.2. The first-order valence-electron chi connectivity index (χ1n) is 6.07. The van der Waals surface area contributed by atoms with E-state index in [1.807, 2.05) is 13.8 Å². The Bertz CT molecular complexity index is 595. The molecule has 0 saturated carbocycles. The normalized spacial score (nSPS) is 11.2. The molecule has 0 spiro atoms. The van der Waals surface area contributed by atoms with E-state index in [9.17, 15) is 8.42 Å². The molecule has 0 aliphatic rings. The molecule has 0 heterocycles. The first-order valence-corrected chi connectivity index (χ1v) is 7.55. The third-order valence-corrected chi connectivity index (χ3v) is 3.91. The lowest BCUT2D eigenvalue weighted by Gasteiger charge is -2.10. The van der Waals surface area contributed by atoms with E-state index in [0.717, 1.165) is 11.1 Å². The maximum absolute atomic E-state index is 12.0. The van der Waals surface area contributed by atoms with E-state index >= 15 is 0 Å². The van der Waals surface area contributed by atoms with Gasteiger partial charge < -0.3 is 5.11 Å². The third kappa shape index (κ3) is 4.67. The molecule has 0 fully saturated rings. The van der Waals surface area contributed by atoms with Crippen molar-refractivity contribution < 1.29 is 13.5 Å². The third-order valence-electron chi connectivity index (χ3n) is 2.49. The summed E-state index contributed by atoms with van der Waals surface area (Å²) >= 11 is 0. The largest absolute Gasteiger partial charge is 0.384 e. The second-order valence-corrected chi connectivity index (χ2v) is 6.45. The van der Waals surface area contributed by atoms with Crippen LogP contribution in [0.2, 0.25) is 0 Å². The fraction of sp³-hybridized carbons (Fsp3) is 0.429. The number of hydrogen-bond donors (Lipinski definition) is 2. The lowest BCUT2D eigenvalue weighted by Crippen LogP contribution is -2.27. The van der Waals surface area contributed by atoms with Gasteiger partial charge in [-0.3, -0.25) is 0 Å². The van der Waals surface area contributed by atoms with E-state index in [-0.39, 0.29) is 17.4 Å². The molecule has 0 aliphatic heterocycles. The molecule has 0 amide bonds. The van der Waals surface area contributed by atoms with Crippen LogP contribution >= 0.6 is 0 Å². The fourth-order valence-electron chi connectivity index (χ4n) is 1.44. The van der Waals surface area contributed by atoms with Gasteiger partial charge in [-0.25, -0.2) is 13.1 Å². The monoisotopic (exact) mass is 281 g/mol. The summed E-state index contributed by atoms with van der Waals surface area (Å²) < 4.78 is 26.6. The van der Waals surface area contributed by atoms with E-state index in [1.54, 1.807) is 19.1 Å². The maximum atomic E-state index is 12.0. The van der Waals surface area contributed by atoms with Crippen molar-refractivity contribution in [1.29, 1.82) is 0 Å². The minimum atomic E-state index is -3.46. The molecular weight excluding hydrogens is 262 g/mol. The predicted molar refractivity (Wildman–Crippen MR) is 75.2 cm³/mol. The number of hydrogen-bond acceptors (Lipinski definition) is 3. The number of aliphatic hydroxyl groups is 1. The number of benzene rings is 1. The zero-order valence-electron chi connectivity index (χ0n) is 11.4. The molecule has 104 valence electrons. The molecule has 0 aromatic heterocycles. The van der Waals surface area contributed by atoms with E-state index in [1.165, 1.54) is 6.07 Å². The molecule has 0 bridgehead atoms. The molecule has 1 rings (SSSR count). The average molecular weight is 281 g/mol. The Hall–Kier alpha value is -1.35. The van der Waals surface area contributed by atoms with Gasteiger partial charge in [0.2, 0.25) is 10.0 Å². The Morgan fingerprint density at radius 2 is 2.05 bits per heavy atom. The van der Waals surface area contributed by atoms with Crippen molar-refractivity contribution in [3.05, 3.63) is 29.3 Å². The molecule has 4 nitrogen and oxygen atoms in total. The van der Waals surface area contributed by atoms with Gasteiger partial charge in [-0.2, -0.15) is 0 Å². The minimum absolute atomic E-state index is 0.213. The summed E-state index contributed by atoms with van der Waals surface area (Å²) in [7, 11) is -3.46. The first-order chi connectivity index (χ1) is 8.86. The Kier molecular flexibility index (Phi) is 5.55. The average Bonchev–Trinajstić information content (AvgIpc) is 2.35. The Balaban J connectivity index is 3.00. The van der Waals surface area contributed by atoms with E-state index in [2.05, 4.69) is 16.6 Å². The zero-order chi connectivity index (χ0) is 14.5. The first kappa shape index (κ1) is 15.7. The van der Waals surface area contributed by atoms with Gasteiger partial charge in [0, 0.05) is 12.1 Å². The molecule has 1 aromatic rings. The van der Waals surface area contributed by atoms with Crippen LogP contribution in [0.1, 0.15) is 25.0 Å². The summed E-state index contributed by atoms with van der Waals surface area (Å²) in [4.78, 5) is 0.236. The molecule has 0 aliphatic carbocycles. The van der Waals surface area contributed by atoms with Crippen LogP contribution in [0.25, 0.3) is 0 Å². The quantitative estimate of drug-likeness (QED) is 0.817. The van der Waals surface area contributed by atoms with Crippen molar-refractivity contribution in [2.24, 2.45) is 5.92 Å². The Morgan fingerprint density at radius 1 is 1.37 bits per heavy atom. The smallest absolute Gasteiger partial charge is 0.240 e. The minimum Gasteiger partial charge on any atom is -0.384 e. The van der Waals surface area contributed by atoms with Gasteiger partial charge in [0.15, 0.2) is 0 Å². The van der Waals surface area contributed by atoms with Gasteiger partial charge in [0.05, 0.1) is 4.90 Å². The summed E-state index contributed by atoms with van der Waals surface area (Å²) in [5.74, 6) is 5.58. The lowest BCUT2D eigenvalue weighted by atomic mass is 10.1. The van der Waals surface area contributed by atoms with E-state index < -0.39 is 10.0 Å². The van der Waals surface area contributed by atoms with Crippen LogP contribution in [0.15, 0.2) is 23.1 Å². The topological polar surface area (TPSA) is 66.4 Å². The SMILES string of the molecule is Cc1cc(S(=O)(=O)NCC(C)C)ccc1C#CCO. The molecule has 0 atom stereocenters. The molecule has 0 radical (unpaired) electrons. The van der Waals surface area contributed by atoms with Crippen LogP contribution in [0.5, 0.6) is 0 Å². The molecular formula is C14H19NO3S. The lowest BCUT2D eigenvalue weighted by molar-refractivity contribution is 0.350. The molecule has 19 heavy (non-hydrogen) atoms. The highest BCUT2D eigenvalue weighted by atomic mass is 32.2. The van der Waals surface area contributed by atoms with Crippen molar-refractivity contribution in [1.82, 2.24) is 4.72 Å². The second-order valence-electron chi connectivity index (χ2n) is 4.68. The van der Waals surface area contributed by atoms with Crippen molar-refractivity contribution in [3.63, 3.8) is 0 Å². The van der Waals surface area contributed by atoms with Crippen LogP contribution in [0.3, 0.4) is 0 Å². The molecule has 0 saturated heterocycles. The van der Waals surface area contributed by atoms with Gasteiger partial charge in [-0.15, -0.1) is 0 Å². The fourth-order valence-corrected chi connectivity index (χ4v) is 2.74. The van der Waals surface area contributed by atoms with Gasteiger partial charge in [-0.05, 0) is 36.6 Å². The maximum Gasteiger partial charge on any atom is 0.240 e. The summed E-state index contributed by atoms with van der Waals surface area (Å²) in [6.07, 6.45) is 0. The number of aryl methyl sites for hydroxylation is 1. The molecule has 0 unspecified atom stereocenters. The van der Waals surface area contributed by atoms with Gasteiger partial charge in [0.1, 0.15) is 6.61 Å². The van der Waals surface area contributed by atoms with Crippen LogP contribution in [-0.2, 0) is 10.0 Å². The van der Waals surface area contributed by atoms with Gasteiger partial charge in [0.25, 0.3) is 0 Å². The van der Waals surface area contributed by atoms with Crippen LogP contribution in [0, 0.1) is 24.7 Å². The second kappa shape index (κ2) is 6.71. The van der Waals surface area contributed by atoms with E-state index in [0.29, 0.717) is 6.54 Å². The van der Waals surface area contributed by atoms with E-state index in [4.69, 9.17) is 5.11 Å². The van der Waals surface area contributed by atoms with Crippen molar-refractivity contribution in [2.75, 3.05) is 13.2 Å². The Labute approximate surface area is 114 Å². The van der Waals surface area contributed by atoms with Crippen LogP contribution < -0.4 is 4.72 Å². The summed E-state index contributed by atoms with van der Waals surface area (Å²) in [6, 6.07) is 4.77. The number of rotatable bonds is 4. The van der Waals surface area contributed by atoms with Crippen LogP contribution in [0.4, 0.5) is 0 Å². The highest BCUT2D eigenvalue weighted by Crippen LogP contribution is 2.15. The summed E-state index contributed by atoms with van der Waals surface area (Å²) in [5, 5.41) is 8.64. The highest BCUT2D eigenvalue weighted by Gasteiger charge is 2.14. The molecule has 5 heteroatoms.